The summed E-state index contributed by atoms with van der Waals surface area (Å²) in [5, 5.41) is 0. The van der Waals surface area contributed by atoms with Crippen molar-refractivity contribution >= 4 is 17.6 Å². The first-order valence-corrected chi connectivity index (χ1v) is 11.8. The summed E-state index contributed by atoms with van der Waals surface area (Å²) in [6.07, 6.45) is 2.01. The van der Waals surface area contributed by atoms with Crippen molar-refractivity contribution in [3.8, 4) is 0 Å². The van der Waals surface area contributed by atoms with Gasteiger partial charge in [-0.15, -0.1) is 0 Å². The minimum absolute atomic E-state index is 0.00832. The predicted molar refractivity (Wildman–Crippen MR) is 138 cm³/mol. The number of carbonyl (C=O) groups is 2. The van der Waals surface area contributed by atoms with Crippen molar-refractivity contribution in [2.45, 2.75) is 44.6 Å². The Labute approximate surface area is 202 Å². The Bertz CT molecular complexity index is 1050. The van der Waals surface area contributed by atoms with Gasteiger partial charge in [0.1, 0.15) is 5.84 Å². The van der Waals surface area contributed by atoms with Gasteiger partial charge in [-0.3, -0.25) is 14.6 Å². The third-order valence-corrected chi connectivity index (χ3v) is 6.45. The van der Waals surface area contributed by atoms with Crippen molar-refractivity contribution < 1.29 is 9.59 Å². The van der Waals surface area contributed by atoms with Crippen molar-refractivity contribution in [1.29, 1.82) is 0 Å². The Morgan fingerprint density at radius 3 is 1.71 bits per heavy atom. The lowest BCUT2D eigenvalue weighted by molar-refractivity contribution is 0.0820. The van der Waals surface area contributed by atoms with E-state index in [2.05, 4.69) is 0 Å². The molecular weight excluding hydrogens is 426 g/mol. The Morgan fingerprint density at radius 2 is 1.35 bits per heavy atom. The lowest BCUT2D eigenvalue weighted by atomic mass is 9.68. The van der Waals surface area contributed by atoms with Crippen LogP contribution in [0.15, 0.2) is 41.4 Å². The van der Waals surface area contributed by atoms with E-state index in [0.29, 0.717) is 29.9 Å². The smallest absolute Gasteiger partial charge is 0.253 e. The number of nitrogens with two attached hydrogens (primary N) is 2. The SMILES string of the molecule is CC(C)N=C(N)C1(CCN)c2ccc(C(=O)N(C)C)cc2CCc2cc(C(=O)N(C)C)ccc21. The summed E-state index contributed by atoms with van der Waals surface area (Å²) in [5.41, 5.74) is 17.7. The van der Waals surface area contributed by atoms with Crippen molar-refractivity contribution in [3.63, 3.8) is 0 Å². The van der Waals surface area contributed by atoms with Crippen molar-refractivity contribution in [2.75, 3.05) is 34.7 Å². The van der Waals surface area contributed by atoms with Crippen LogP contribution in [0.5, 0.6) is 0 Å². The molecule has 0 aromatic heterocycles. The second kappa shape index (κ2) is 9.97. The van der Waals surface area contributed by atoms with Crippen LogP contribution in [0.3, 0.4) is 0 Å². The molecule has 0 spiro atoms. The molecule has 0 saturated heterocycles. The molecule has 1 aliphatic carbocycles. The molecule has 1 aliphatic rings. The van der Waals surface area contributed by atoms with Gasteiger partial charge in [0.2, 0.25) is 0 Å². The molecule has 7 nitrogen and oxygen atoms in total. The first-order chi connectivity index (χ1) is 16.0. The van der Waals surface area contributed by atoms with Crippen molar-refractivity contribution in [3.05, 3.63) is 69.8 Å². The van der Waals surface area contributed by atoms with Crippen molar-refractivity contribution in [2.24, 2.45) is 16.5 Å². The predicted octanol–water partition coefficient (Wildman–Crippen LogP) is 2.59. The number of nitrogens with zero attached hydrogens (tertiary/aromatic N) is 3. The van der Waals surface area contributed by atoms with Gasteiger partial charge >= 0.3 is 0 Å². The van der Waals surface area contributed by atoms with E-state index in [9.17, 15) is 9.59 Å². The van der Waals surface area contributed by atoms with Gasteiger partial charge in [0.15, 0.2) is 0 Å². The molecular formula is C27H37N5O2. The maximum absolute atomic E-state index is 12.7. The van der Waals surface area contributed by atoms with Gasteiger partial charge in [-0.2, -0.15) is 0 Å². The second-order valence-electron chi connectivity index (χ2n) is 9.70. The van der Waals surface area contributed by atoms with Gasteiger partial charge in [-0.1, -0.05) is 12.1 Å². The largest absolute Gasteiger partial charge is 0.386 e. The normalized spacial score (nSPS) is 14.8. The molecule has 0 atom stereocenters. The molecule has 2 amide bonds. The van der Waals surface area contributed by atoms with Gasteiger partial charge in [0.05, 0.1) is 5.41 Å². The van der Waals surface area contributed by atoms with E-state index in [1.54, 1.807) is 38.0 Å². The number of hydrogen-bond donors (Lipinski definition) is 2. The summed E-state index contributed by atoms with van der Waals surface area (Å²) >= 11 is 0. The van der Waals surface area contributed by atoms with Gasteiger partial charge in [0.25, 0.3) is 11.8 Å². The van der Waals surface area contributed by atoms with Gasteiger partial charge in [-0.05, 0) is 86.2 Å². The summed E-state index contributed by atoms with van der Waals surface area (Å²) in [6.45, 7) is 4.41. The van der Waals surface area contributed by atoms with Crippen LogP contribution in [0, 0.1) is 0 Å². The van der Waals surface area contributed by atoms with Gasteiger partial charge in [0, 0.05) is 45.4 Å². The summed E-state index contributed by atoms with van der Waals surface area (Å²) in [5.74, 6) is 0.420. The van der Waals surface area contributed by atoms with Crippen LogP contribution in [-0.4, -0.2) is 68.2 Å². The number of carbonyl (C=O) groups excluding carboxylic acids is 2. The molecule has 0 aliphatic heterocycles. The summed E-state index contributed by atoms with van der Waals surface area (Å²) in [7, 11) is 7.00. The molecule has 3 rings (SSSR count). The highest BCUT2D eigenvalue weighted by Crippen LogP contribution is 2.43. The number of aliphatic imine (C=N–C) groups is 1. The number of amides is 2. The number of amidine groups is 1. The molecule has 0 saturated carbocycles. The monoisotopic (exact) mass is 463 g/mol. The molecule has 4 N–H and O–H groups in total. The zero-order chi connectivity index (χ0) is 25.2. The van der Waals surface area contributed by atoms with Crippen molar-refractivity contribution in [1.82, 2.24) is 9.80 Å². The molecule has 0 unspecified atom stereocenters. The van der Waals surface area contributed by atoms with E-state index < -0.39 is 5.41 Å². The summed E-state index contributed by atoms with van der Waals surface area (Å²) < 4.78 is 0. The van der Waals surface area contributed by atoms with Gasteiger partial charge < -0.3 is 21.3 Å². The number of rotatable bonds is 6. The lowest BCUT2D eigenvalue weighted by Crippen LogP contribution is -2.45. The highest BCUT2D eigenvalue weighted by Gasteiger charge is 2.43. The summed E-state index contributed by atoms with van der Waals surface area (Å²) in [6, 6.07) is 11.7. The molecule has 34 heavy (non-hydrogen) atoms. The molecule has 2 aromatic rings. The van der Waals surface area contributed by atoms with Crippen LogP contribution in [-0.2, 0) is 18.3 Å². The third-order valence-electron chi connectivity index (χ3n) is 6.45. The molecule has 2 aromatic carbocycles. The Kier molecular flexibility index (Phi) is 7.46. The zero-order valence-corrected chi connectivity index (χ0v) is 21.2. The maximum Gasteiger partial charge on any atom is 0.253 e. The Morgan fingerprint density at radius 1 is 0.912 bits per heavy atom. The first-order valence-electron chi connectivity index (χ1n) is 11.8. The molecule has 182 valence electrons. The number of fused-ring (bicyclic) bond motifs is 2. The van der Waals surface area contributed by atoms with Gasteiger partial charge in [-0.25, -0.2) is 0 Å². The second-order valence-corrected chi connectivity index (χ2v) is 9.70. The molecule has 0 heterocycles. The zero-order valence-electron chi connectivity index (χ0n) is 21.2. The summed E-state index contributed by atoms with van der Waals surface area (Å²) in [4.78, 5) is 33.3. The van der Waals surface area contributed by atoms with Crippen LogP contribution in [0.1, 0.15) is 63.2 Å². The molecule has 0 radical (unpaired) electrons. The minimum atomic E-state index is -0.737. The fraction of sp³-hybridized carbons (Fsp3) is 0.444. The van der Waals surface area contributed by atoms with Crippen LogP contribution in [0.4, 0.5) is 0 Å². The van der Waals surface area contributed by atoms with Crippen LogP contribution in [0.25, 0.3) is 0 Å². The molecule has 0 fully saturated rings. The number of aryl methyl sites for hydroxylation is 2. The standard InChI is InChI=1S/C27H37N5O2/c1-17(2)30-26(29)27(13-14-28)22-11-9-20(24(33)31(3)4)15-18(22)7-8-19-16-21(10-12-23(19)27)25(34)32(5)6/h9-12,15-17H,7-8,13-14,28H2,1-6H3,(H2,29,30). The first kappa shape index (κ1) is 25.4. The number of benzene rings is 2. The highest BCUT2D eigenvalue weighted by molar-refractivity contribution is 5.99. The average Bonchev–Trinajstić information content (AvgIpc) is 2.92. The fourth-order valence-corrected chi connectivity index (χ4v) is 4.91. The Balaban J connectivity index is 2.33. The molecule has 7 heteroatoms. The third kappa shape index (κ3) is 4.57. The molecule has 0 bridgehead atoms. The van der Waals surface area contributed by atoms with Crippen LogP contribution >= 0.6 is 0 Å². The topological polar surface area (TPSA) is 105 Å². The van der Waals surface area contributed by atoms with E-state index in [-0.39, 0.29) is 17.9 Å². The average molecular weight is 464 g/mol. The Hall–Kier alpha value is -3.19. The van der Waals surface area contributed by atoms with E-state index >= 15 is 0 Å². The van der Waals surface area contributed by atoms with E-state index in [4.69, 9.17) is 16.5 Å². The minimum Gasteiger partial charge on any atom is -0.386 e. The quantitative estimate of drug-likeness (QED) is 0.507. The van der Waals surface area contributed by atoms with E-state index in [1.165, 1.54) is 0 Å². The maximum atomic E-state index is 12.7. The lowest BCUT2D eigenvalue weighted by Gasteiger charge is -2.36. The number of hydrogen-bond acceptors (Lipinski definition) is 4. The van der Waals surface area contributed by atoms with E-state index in [1.807, 2.05) is 50.2 Å². The van der Waals surface area contributed by atoms with Crippen LogP contribution in [0.2, 0.25) is 0 Å². The van der Waals surface area contributed by atoms with E-state index in [0.717, 1.165) is 35.1 Å². The highest BCUT2D eigenvalue weighted by atomic mass is 16.2. The van der Waals surface area contributed by atoms with Crippen LogP contribution < -0.4 is 11.5 Å². The fourth-order valence-electron chi connectivity index (χ4n) is 4.91.